The summed E-state index contributed by atoms with van der Waals surface area (Å²) in [6.45, 7) is 9.00. The third kappa shape index (κ3) is 10.2. The summed E-state index contributed by atoms with van der Waals surface area (Å²) in [6.07, 6.45) is 0. The molecule has 0 amide bonds. The number of rotatable bonds is 3. The average Bonchev–Trinajstić information content (AvgIpc) is 2.85. The van der Waals surface area contributed by atoms with E-state index in [9.17, 15) is 4.39 Å². The molecule has 0 saturated carbocycles. The van der Waals surface area contributed by atoms with Crippen molar-refractivity contribution in [3.05, 3.63) is 140 Å². The molecule has 0 fully saturated rings. The van der Waals surface area contributed by atoms with E-state index in [0.717, 1.165) is 0 Å². The molecule has 154 valence electrons. The molecule has 2 nitrogen and oxygen atoms in total. The van der Waals surface area contributed by atoms with Gasteiger partial charge in [0.2, 0.25) is 0 Å². The van der Waals surface area contributed by atoms with Crippen molar-refractivity contribution < 1.29 is 31.1 Å². The van der Waals surface area contributed by atoms with Gasteiger partial charge >= 0.3 is 22.6 Å². The molecule has 5 heteroatoms. The smallest absolute Gasteiger partial charge is 0 e. The van der Waals surface area contributed by atoms with E-state index in [4.69, 9.17) is 9.30 Å². The predicted molar refractivity (Wildman–Crippen MR) is 119 cm³/mol. The molecule has 0 aliphatic rings. The van der Waals surface area contributed by atoms with Crippen LogP contribution in [0.3, 0.4) is 0 Å². The minimum Gasteiger partial charge on any atom is -0.0622 e. The summed E-state index contributed by atoms with van der Waals surface area (Å²) < 4.78 is 26.9. The van der Waals surface area contributed by atoms with Gasteiger partial charge in [-0.2, -0.15) is 0 Å². The number of halogens is 1. The van der Waals surface area contributed by atoms with Crippen LogP contribution in [-0.4, -0.2) is 0 Å². The van der Waals surface area contributed by atoms with Crippen molar-refractivity contribution in [2.45, 2.75) is 0 Å². The van der Waals surface area contributed by atoms with E-state index in [1.807, 2.05) is 0 Å². The van der Waals surface area contributed by atoms with Gasteiger partial charge in [-0.3, -0.25) is 0 Å². The van der Waals surface area contributed by atoms with E-state index in [2.05, 4.69) is 104 Å². The van der Waals surface area contributed by atoms with Crippen molar-refractivity contribution in [3.8, 4) is 0 Å². The first kappa shape index (κ1) is 28.3. The van der Waals surface area contributed by atoms with Crippen molar-refractivity contribution in [1.82, 2.24) is 0 Å². The van der Waals surface area contributed by atoms with Gasteiger partial charge in [0.15, 0.2) is 0 Å². The number of hydrogen-bond donors (Lipinski definition) is 0. The van der Waals surface area contributed by atoms with Crippen LogP contribution in [0, 0.1) is 19.1 Å². The Hall–Kier alpha value is -2.75. The van der Waals surface area contributed by atoms with E-state index in [1.165, 1.54) is 28.0 Å². The fourth-order valence-electron chi connectivity index (χ4n) is 2.59. The molecule has 0 aliphatic heterocycles. The molecular weight excluding hydrogens is 446 g/mol. The first-order chi connectivity index (χ1) is 14.8. The van der Waals surface area contributed by atoms with Crippen molar-refractivity contribution in [2.24, 2.45) is 0 Å². The summed E-state index contributed by atoms with van der Waals surface area (Å²) in [4.78, 5) is 0. The van der Waals surface area contributed by atoms with E-state index in [1.54, 1.807) is 18.2 Å². The van der Waals surface area contributed by atoms with Gasteiger partial charge in [-0.15, -0.1) is 0 Å². The molecule has 0 radical (unpaired) electrons. The van der Waals surface area contributed by atoms with Crippen LogP contribution in [-0.2, 0) is 26.7 Å². The monoisotopic (exact) mass is 466 g/mol. The summed E-state index contributed by atoms with van der Waals surface area (Å²) >= 11 is 0. The Bertz CT molecular complexity index is 879. The van der Waals surface area contributed by atoms with Crippen LogP contribution in [0.1, 0.15) is 0 Å². The zero-order chi connectivity index (χ0) is 22.0. The Balaban J connectivity index is 0.000000633. The fraction of sp³-hybridized carbons (Fsp3) is 0. The van der Waals surface area contributed by atoms with Crippen LogP contribution in [0.2, 0.25) is 0 Å². The normalized spacial score (nSPS) is 8.58. The summed E-state index contributed by atoms with van der Waals surface area (Å²) in [7, 11) is -0.446. The van der Waals surface area contributed by atoms with E-state index in [-0.39, 0.29) is 23.2 Å². The molecule has 31 heavy (non-hydrogen) atoms. The third-order valence-corrected chi connectivity index (χ3v) is 6.22. The molecule has 0 unspecified atom stereocenters. The summed E-state index contributed by atoms with van der Waals surface area (Å²) in [5.41, 5.74) is 0. The van der Waals surface area contributed by atoms with Gasteiger partial charge in [0.1, 0.15) is 5.82 Å². The fourth-order valence-corrected chi connectivity index (χ4v) is 4.90. The zero-order valence-electron chi connectivity index (χ0n) is 16.6. The van der Waals surface area contributed by atoms with Gasteiger partial charge in [0, 0.05) is 17.4 Å². The summed E-state index contributed by atoms with van der Waals surface area (Å²) in [5.74, 6) is -0.178. The molecule has 4 rings (SSSR count). The minimum absolute atomic E-state index is 0. The Morgan fingerprint density at radius 3 is 0.871 bits per heavy atom. The van der Waals surface area contributed by atoms with Gasteiger partial charge in [-0.1, -0.05) is 109 Å². The maximum Gasteiger partial charge on any atom is 0 e. The quantitative estimate of drug-likeness (QED) is 0.227. The maximum atomic E-state index is 11.9. The SMILES string of the molecule is Fc1ccccc1.[C-]#[O+].[C-]#[O+].[Cr].c1ccc(P(c2ccccc2)c2ccccc2)cc1. The minimum atomic E-state index is -0.446. The van der Waals surface area contributed by atoms with Gasteiger partial charge in [-0.25, -0.2) is 4.39 Å². The maximum absolute atomic E-state index is 11.9. The molecule has 4 aromatic carbocycles. The van der Waals surface area contributed by atoms with Gasteiger partial charge in [0.05, 0.1) is 0 Å². The average molecular weight is 466 g/mol. The molecule has 0 heterocycles. The van der Waals surface area contributed by atoms with E-state index >= 15 is 0 Å². The van der Waals surface area contributed by atoms with Crippen molar-refractivity contribution in [2.75, 3.05) is 0 Å². The van der Waals surface area contributed by atoms with Crippen molar-refractivity contribution >= 4 is 23.8 Å². The first-order valence-corrected chi connectivity index (χ1v) is 10.3. The van der Waals surface area contributed by atoms with Crippen LogP contribution in [0.5, 0.6) is 0 Å². The van der Waals surface area contributed by atoms with Crippen LogP contribution >= 0.6 is 7.92 Å². The van der Waals surface area contributed by atoms with Crippen LogP contribution in [0.25, 0.3) is 0 Å². The molecule has 0 spiro atoms. The molecular formula is C26H20CrFO2P. The predicted octanol–water partition coefficient (Wildman–Crippen LogP) is 5.19. The first-order valence-electron chi connectivity index (χ1n) is 8.91. The molecule has 0 aliphatic carbocycles. The zero-order valence-corrected chi connectivity index (χ0v) is 18.8. The Morgan fingerprint density at radius 2 is 0.677 bits per heavy atom. The van der Waals surface area contributed by atoms with E-state index in [0.29, 0.717) is 0 Å². The van der Waals surface area contributed by atoms with Crippen LogP contribution in [0.4, 0.5) is 4.39 Å². The second-order valence-electron chi connectivity index (χ2n) is 5.64. The largest absolute Gasteiger partial charge is 0.0622 e. The van der Waals surface area contributed by atoms with Crippen molar-refractivity contribution in [1.29, 1.82) is 0 Å². The molecule has 0 N–H and O–H groups in total. The Labute approximate surface area is 195 Å². The molecule has 0 saturated heterocycles. The molecule has 0 bridgehead atoms. The second kappa shape index (κ2) is 18.1. The number of hydrogen-bond acceptors (Lipinski definition) is 0. The van der Waals surface area contributed by atoms with Crippen molar-refractivity contribution in [3.63, 3.8) is 0 Å². The standard InChI is InChI=1S/C18H15P.C6H5F.2CO.Cr/c1-4-10-16(11-5-1)19(17-12-6-2-7-13-17)18-14-8-3-9-15-18;7-6-4-2-1-3-5-6;2*1-2;/h1-15H;1-5H;;;. The second-order valence-corrected chi connectivity index (χ2v) is 7.86. The van der Waals surface area contributed by atoms with Crippen LogP contribution < -0.4 is 15.9 Å². The number of benzene rings is 4. The van der Waals surface area contributed by atoms with E-state index < -0.39 is 7.92 Å². The summed E-state index contributed by atoms with van der Waals surface area (Å²) in [5, 5.41) is 4.19. The topological polar surface area (TPSA) is 39.8 Å². The Morgan fingerprint density at radius 1 is 0.452 bits per heavy atom. The molecule has 0 atom stereocenters. The van der Waals surface area contributed by atoms with Gasteiger partial charge in [-0.05, 0) is 36.0 Å². The third-order valence-electron chi connectivity index (χ3n) is 3.78. The van der Waals surface area contributed by atoms with Gasteiger partial charge in [0.25, 0.3) is 0 Å². The molecule has 4 aromatic rings. The molecule has 0 aromatic heterocycles. The van der Waals surface area contributed by atoms with Gasteiger partial charge < -0.3 is 0 Å². The Kier molecular flexibility index (Phi) is 16.5. The van der Waals surface area contributed by atoms with Crippen LogP contribution in [0.15, 0.2) is 121 Å². The summed E-state index contributed by atoms with van der Waals surface area (Å²) in [6, 6.07) is 40.3.